The highest BCUT2D eigenvalue weighted by Crippen LogP contribution is 2.54. The van der Waals surface area contributed by atoms with Gasteiger partial charge >= 0.3 is 0 Å². The zero-order valence-corrected chi connectivity index (χ0v) is 17.4. The van der Waals surface area contributed by atoms with Crippen LogP contribution in [0.15, 0.2) is 29.4 Å². The van der Waals surface area contributed by atoms with Crippen LogP contribution < -0.4 is 10.2 Å². The molecular formula is C19H25N5O3S. The van der Waals surface area contributed by atoms with Gasteiger partial charge in [-0.25, -0.2) is 0 Å². The second-order valence-electron chi connectivity index (χ2n) is 6.66. The van der Waals surface area contributed by atoms with Gasteiger partial charge in [-0.1, -0.05) is 32.0 Å². The summed E-state index contributed by atoms with van der Waals surface area (Å²) in [7, 11) is 0. The van der Waals surface area contributed by atoms with E-state index in [9.17, 15) is 14.4 Å². The molecule has 1 atom stereocenters. The molecule has 2 aliphatic rings. The molecule has 0 aromatic heterocycles. The summed E-state index contributed by atoms with van der Waals surface area (Å²) in [5, 5.41) is 8.30. The number of anilines is 1. The van der Waals surface area contributed by atoms with Crippen LogP contribution in [0.25, 0.3) is 0 Å². The van der Waals surface area contributed by atoms with E-state index >= 15 is 0 Å². The summed E-state index contributed by atoms with van der Waals surface area (Å²) in [6, 6.07) is 7.46. The van der Waals surface area contributed by atoms with Gasteiger partial charge in [0.05, 0.1) is 5.69 Å². The van der Waals surface area contributed by atoms with E-state index in [1.807, 2.05) is 24.3 Å². The van der Waals surface area contributed by atoms with E-state index in [1.165, 1.54) is 18.9 Å². The molecule has 1 aromatic rings. The van der Waals surface area contributed by atoms with E-state index in [4.69, 9.17) is 0 Å². The predicted octanol–water partition coefficient (Wildman–Crippen LogP) is 1.53. The minimum atomic E-state index is -1.32. The number of likely N-dealkylation sites (N-methyl/N-ethyl adjacent to an activating group) is 1. The van der Waals surface area contributed by atoms with Crippen LogP contribution in [0.4, 0.5) is 5.69 Å². The zero-order chi connectivity index (χ0) is 20.5. The minimum Gasteiger partial charge on any atom is -0.308 e. The van der Waals surface area contributed by atoms with Crippen LogP contribution in [-0.4, -0.2) is 59.0 Å². The summed E-state index contributed by atoms with van der Waals surface area (Å²) >= 11 is 1.10. The fourth-order valence-corrected chi connectivity index (χ4v) is 4.90. The molecule has 1 aromatic carbocycles. The Balaban J connectivity index is 2.00. The highest BCUT2D eigenvalue weighted by Gasteiger charge is 2.60. The summed E-state index contributed by atoms with van der Waals surface area (Å²) in [6.07, 6.45) is 0. The van der Waals surface area contributed by atoms with E-state index in [2.05, 4.69) is 29.2 Å². The first kappa shape index (κ1) is 20.3. The van der Waals surface area contributed by atoms with Crippen LogP contribution in [0, 0.1) is 0 Å². The van der Waals surface area contributed by atoms with Crippen molar-refractivity contribution in [3.05, 3.63) is 29.8 Å². The molecule has 0 radical (unpaired) electrons. The largest absolute Gasteiger partial charge is 0.308 e. The Morgan fingerprint density at radius 1 is 1.21 bits per heavy atom. The molecule has 8 nitrogen and oxygen atoms in total. The van der Waals surface area contributed by atoms with E-state index in [0.29, 0.717) is 12.1 Å². The topological polar surface area (TPSA) is 85.3 Å². The number of nitrogens with zero attached hydrogens (tertiary/aromatic N) is 4. The fraction of sp³-hybridized carbons (Fsp3) is 0.474. The lowest BCUT2D eigenvalue weighted by molar-refractivity contribution is -0.139. The van der Waals surface area contributed by atoms with Crippen LogP contribution in [0.2, 0.25) is 0 Å². The Morgan fingerprint density at radius 3 is 2.50 bits per heavy atom. The maximum absolute atomic E-state index is 13.6. The van der Waals surface area contributed by atoms with E-state index in [0.717, 1.165) is 37.1 Å². The fourth-order valence-electron chi connectivity index (χ4n) is 3.57. The van der Waals surface area contributed by atoms with Gasteiger partial charge in [0.1, 0.15) is 0 Å². The average Bonchev–Trinajstić information content (AvgIpc) is 3.14. The summed E-state index contributed by atoms with van der Waals surface area (Å²) in [4.78, 5) is 40.2. The third-order valence-electron chi connectivity index (χ3n) is 4.94. The van der Waals surface area contributed by atoms with Gasteiger partial charge in [0.2, 0.25) is 16.7 Å². The van der Waals surface area contributed by atoms with Crippen molar-refractivity contribution < 1.29 is 14.4 Å². The van der Waals surface area contributed by atoms with Gasteiger partial charge in [0, 0.05) is 32.5 Å². The van der Waals surface area contributed by atoms with Crippen LogP contribution in [0.1, 0.15) is 33.3 Å². The molecular weight excluding hydrogens is 378 g/mol. The molecule has 0 bridgehead atoms. The molecule has 1 spiro atoms. The normalized spacial score (nSPS) is 20.8. The number of para-hydroxylation sites is 1. The number of amidine groups is 1. The summed E-state index contributed by atoms with van der Waals surface area (Å²) in [5.74, 6) is -0.879. The highest BCUT2D eigenvalue weighted by molar-refractivity contribution is 8.15. The lowest BCUT2D eigenvalue weighted by Gasteiger charge is -2.30. The first-order valence-corrected chi connectivity index (χ1v) is 10.2. The molecule has 2 heterocycles. The van der Waals surface area contributed by atoms with Crippen molar-refractivity contribution in [2.45, 2.75) is 32.6 Å². The number of benzene rings is 1. The molecule has 3 rings (SSSR count). The van der Waals surface area contributed by atoms with Gasteiger partial charge in [-0.15, -0.1) is 5.10 Å². The van der Waals surface area contributed by atoms with Gasteiger partial charge in [-0.3, -0.25) is 14.4 Å². The van der Waals surface area contributed by atoms with Crippen molar-refractivity contribution in [1.29, 1.82) is 0 Å². The first-order valence-electron chi connectivity index (χ1n) is 9.35. The number of hydrogen-bond acceptors (Lipinski definition) is 6. The quantitative estimate of drug-likeness (QED) is 0.806. The number of hydrazone groups is 1. The number of thioether (sulfide) groups is 1. The van der Waals surface area contributed by atoms with E-state index in [1.54, 1.807) is 4.90 Å². The SMILES string of the molecule is CCN(CC)CCN1C(=O)[C@@]2(SC(NC(C)=O)=NN2C(C)=O)c2ccccc21. The van der Waals surface area contributed by atoms with Gasteiger partial charge in [0.15, 0.2) is 5.17 Å². The molecule has 28 heavy (non-hydrogen) atoms. The second kappa shape index (κ2) is 7.92. The maximum Gasteiger partial charge on any atom is 0.270 e. The molecule has 1 N–H and O–H groups in total. The Morgan fingerprint density at radius 2 is 1.89 bits per heavy atom. The van der Waals surface area contributed by atoms with Crippen LogP contribution >= 0.6 is 11.8 Å². The van der Waals surface area contributed by atoms with Crippen molar-refractivity contribution in [2.75, 3.05) is 31.1 Å². The summed E-state index contributed by atoms with van der Waals surface area (Å²) in [5.41, 5.74) is 1.49. The standard InChI is InChI=1S/C19H25N5O3S/c1-5-22(6-2)11-12-23-16-10-8-7-9-15(16)19(17(23)27)24(14(4)26)21-18(28-19)20-13(3)25/h7-10H,5-6,11-12H2,1-4H3,(H,20,21,25)/t19-/m0/s1. The lowest BCUT2D eigenvalue weighted by atomic mass is 10.1. The number of amides is 3. The van der Waals surface area contributed by atoms with Gasteiger partial charge < -0.3 is 15.1 Å². The summed E-state index contributed by atoms with van der Waals surface area (Å²) < 4.78 is 0. The lowest BCUT2D eigenvalue weighted by Crippen LogP contribution is -2.49. The summed E-state index contributed by atoms with van der Waals surface area (Å²) in [6.45, 7) is 9.95. The molecule has 0 saturated carbocycles. The number of carbonyl (C=O) groups is 3. The van der Waals surface area contributed by atoms with Crippen molar-refractivity contribution in [2.24, 2.45) is 5.10 Å². The third kappa shape index (κ3) is 3.29. The molecule has 9 heteroatoms. The Hall–Kier alpha value is -2.39. The number of hydrogen-bond donors (Lipinski definition) is 1. The Kier molecular flexibility index (Phi) is 5.76. The van der Waals surface area contributed by atoms with Crippen molar-refractivity contribution in [3.63, 3.8) is 0 Å². The third-order valence-corrected chi connectivity index (χ3v) is 6.18. The maximum atomic E-state index is 13.6. The molecule has 0 unspecified atom stereocenters. The molecule has 0 saturated heterocycles. The van der Waals surface area contributed by atoms with Crippen LogP contribution in [0.3, 0.4) is 0 Å². The Labute approximate surface area is 168 Å². The van der Waals surface area contributed by atoms with E-state index < -0.39 is 4.87 Å². The number of rotatable bonds is 5. The molecule has 0 aliphatic carbocycles. The molecule has 0 fully saturated rings. The monoisotopic (exact) mass is 403 g/mol. The molecule has 3 amide bonds. The van der Waals surface area contributed by atoms with Crippen molar-refractivity contribution in [3.8, 4) is 0 Å². The zero-order valence-electron chi connectivity index (χ0n) is 16.6. The Bertz CT molecular complexity index is 839. The average molecular weight is 404 g/mol. The van der Waals surface area contributed by atoms with Crippen molar-refractivity contribution in [1.82, 2.24) is 15.2 Å². The smallest absolute Gasteiger partial charge is 0.270 e. The number of carbonyl (C=O) groups excluding carboxylic acids is 3. The number of nitrogens with one attached hydrogen (secondary N) is 1. The van der Waals surface area contributed by atoms with Gasteiger partial charge in [-0.05, 0) is 30.9 Å². The predicted molar refractivity (Wildman–Crippen MR) is 110 cm³/mol. The van der Waals surface area contributed by atoms with E-state index in [-0.39, 0.29) is 22.9 Å². The first-order chi connectivity index (χ1) is 13.3. The molecule has 2 aliphatic heterocycles. The number of fused-ring (bicyclic) bond motifs is 2. The van der Waals surface area contributed by atoms with Crippen LogP contribution in [0.5, 0.6) is 0 Å². The van der Waals surface area contributed by atoms with Crippen LogP contribution in [-0.2, 0) is 19.3 Å². The van der Waals surface area contributed by atoms with Gasteiger partial charge in [-0.2, -0.15) is 5.01 Å². The molecule has 150 valence electrons. The van der Waals surface area contributed by atoms with Crippen molar-refractivity contribution >= 4 is 40.3 Å². The second-order valence-corrected chi connectivity index (χ2v) is 7.85. The van der Waals surface area contributed by atoms with Gasteiger partial charge in [0.25, 0.3) is 5.91 Å². The minimum absolute atomic E-state index is 0.217. The highest BCUT2D eigenvalue weighted by atomic mass is 32.2.